The highest BCUT2D eigenvalue weighted by Gasteiger charge is 2.34. The minimum atomic E-state index is -3.74. The average molecular weight is 460 g/mol. The van der Waals surface area contributed by atoms with Crippen molar-refractivity contribution < 1.29 is 17.9 Å². The van der Waals surface area contributed by atoms with Crippen LogP contribution in [0, 0.1) is 0 Å². The van der Waals surface area contributed by atoms with Gasteiger partial charge in [-0.25, -0.2) is 13.2 Å². The molecule has 1 aliphatic heterocycles. The van der Waals surface area contributed by atoms with Crippen LogP contribution in [0.5, 0.6) is 0 Å². The molecule has 0 saturated carbocycles. The van der Waals surface area contributed by atoms with Gasteiger partial charge in [0.05, 0.1) is 23.1 Å². The fourth-order valence-corrected chi connectivity index (χ4v) is 4.94. The molecule has 0 aromatic heterocycles. The van der Waals surface area contributed by atoms with E-state index in [1.807, 2.05) is 24.8 Å². The maximum Gasteiger partial charge on any atom is 0.338 e. The summed E-state index contributed by atoms with van der Waals surface area (Å²) in [5.74, 6) is -0.436. The lowest BCUT2D eigenvalue weighted by Crippen LogP contribution is -2.47. The van der Waals surface area contributed by atoms with Crippen LogP contribution in [0.4, 0.5) is 5.69 Å². The highest BCUT2D eigenvalue weighted by Crippen LogP contribution is 2.32. The van der Waals surface area contributed by atoms with Crippen molar-refractivity contribution in [2.24, 2.45) is 0 Å². The molecule has 2 aromatic rings. The fraction of sp³-hybridized carbons (Fsp3) is 0.273. The lowest BCUT2D eigenvalue weighted by molar-refractivity contribution is -0.139. The fourth-order valence-electron chi connectivity index (χ4n) is 3.48. The summed E-state index contributed by atoms with van der Waals surface area (Å²) in [5, 5.41) is 3.69. The maximum atomic E-state index is 12.8. The van der Waals surface area contributed by atoms with Crippen molar-refractivity contribution in [3.63, 3.8) is 0 Å². The molecule has 1 heterocycles. The number of thiocarbonyl (C=S) groups is 1. The minimum Gasteiger partial charge on any atom is -0.463 e. The van der Waals surface area contributed by atoms with Gasteiger partial charge >= 0.3 is 5.97 Å². The van der Waals surface area contributed by atoms with E-state index in [0.29, 0.717) is 34.2 Å². The molecule has 0 fully saturated rings. The molecule has 9 heteroatoms. The van der Waals surface area contributed by atoms with Gasteiger partial charge in [0.15, 0.2) is 5.11 Å². The summed E-state index contributed by atoms with van der Waals surface area (Å²) < 4.78 is 33.3. The van der Waals surface area contributed by atoms with Gasteiger partial charge in [0, 0.05) is 17.9 Å². The number of carbonyl (C=O) groups is 1. The Labute approximate surface area is 188 Å². The van der Waals surface area contributed by atoms with Crippen LogP contribution in [0.1, 0.15) is 32.4 Å². The van der Waals surface area contributed by atoms with Gasteiger partial charge in [-0.2, -0.15) is 0 Å². The number of sulfonamides is 1. The zero-order valence-electron chi connectivity index (χ0n) is 17.6. The Balaban J connectivity index is 1.99. The molecule has 3 rings (SSSR count). The molecule has 0 amide bonds. The van der Waals surface area contributed by atoms with E-state index in [1.165, 1.54) is 12.1 Å². The number of benzene rings is 2. The Kier molecular flexibility index (Phi) is 6.97. The normalized spacial score (nSPS) is 16.7. The van der Waals surface area contributed by atoms with E-state index in [-0.39, 0.29) is 11.5 Å². The van der Waals surface area contributed by atoms with Crippen LogP contribution >= 0.6 is 12.2 Å². The van der Waals surface area contributed by atoms with E-state index in [4.69, 9.17) is 17.0 Å². The smallest absolute Gasteiger partial charge is 0.338 e. The summed E-state index contributed by atoms with van der Waals surface area (Å²) in [5.41, 5.74) is 2.23. The summed E-state index contributed by atoms with van der Waals surface area (Å²) in [6.45, 7) is 6.37. The third-order valence-electron chi connectivity index (χ3n) is 4.93. The van der Waals surface area contributed by atoms with Crippen molar-refractivity contribution >= 4 is 39.0 Å². The largest absolute Gasteiger partial charge is 0.463 e. The van der Waals surface area contributed by atoms with Crippen LogP contribution in [0.3, 0.4) is 0 Å². The summed E-state index contributed by atoms with van der Waals surface area (Å²) in [6.07, 6.45) is 0. The molecule has 1 atom stereocenters. The molecule has 2 N–H and O–H groups in total. The van der Waals surface area contributed by atoms with Crippen molar-refractivity contribution in [3.8, 4) is 0 Å². The van der Waals surface area contributed by atoms with Gasteiger partial charge in [0.1, 0.15) is 0 Å². The number of allylic oxidation sites excluding steroid dienone is 1. The van der Waals surface area contributed by atoms with Gasteiger partial charge in [-0.1, -0.05) is 30.3 Å². The summed E-state index contributed by atoms with van der Waals surface area (Å²) in [4.78, 5) is 14.8. The van der Waals surface area contributed by atoms with Crippen LogP contribution in [0.25, 0.3) is 0 Å². The second-order valence-corrected chi connectivity index (χ2v) is 8.96. The standard InChI is InChI=1S/C22H25N3O4S2/c1-4-25-15(3)19(21(26)29-5-2)20(23-22(25)30)16-10-9-11-17(14-16)24-31(27,28)18-12-7-6-8-13-18/h6-14,20,24H,4-5H2,1-3H3,(H,23,30)/t20-/m0/s1. The molecule has 0 saturated heterocycles. The number of carbonyl (C=O) groups excluding carboxylic acids is 1. The zero-order chi connectivity index (χ0) is 22.6. The van der Waals surface area contributed by atoms with Crippen LogP contribution in [-0.2, 0) is 19.6 Å². The summed E-state index contributed by atoms with van der Waals surface area (Å²) in [7, 11) is -3.74. The number of nitrogens with one attached hydrogen (secondary N) is 2. The number of rotatable bonds is 7. The molecule has 7 nitrogen and oxygen atoms in total. The van der Waals surface area contributed by atoms with E-state index >= 15 is 0 Å². The van der Waals surface area contributed by atoms with Gasteiger partial charge in [-0.05, 0) is 62.8 Å². The predicted molar refractivity (Wildman–Crippen MR) is 124 cm³/mol. The van der Waals surface area contributed by atoms with E-state index in [2.05, 4.69) is 10.0 Å². The van der Waals surface area contributed by atoms with Crippen molar-refractivity contribution in [2.45, 2.75) is 31.7 Å². The molecule has 0 aliphatic carbocycles. The van der Waals surface area contributed by atoms with Gasteiger partial charge in [-0.15, -0.1) is 0 Å². The molecule has 2 aromatic carbocycles. The van der Waals surface area contributed by atoms with Gasteiger partial charge < -0.3 is 15.0 Å². The minimum absolute atomic E-state index is 0.166. The maximum absolute atomic E-state index is 12.8. The van der Waals surface area contributed by atoms with Crippen molar-refractivity contribution in [1.82, 2.24) is 10.2 Å². The quantitative estimate of drug-likeness (QED) is 0.483. The van der Waals surface area contributed by atoms with E-state index in [0.717, 1.165) is 0 Å². The SMILES string of the molecule is CCOC(=O)C1=C(C)N(CC)C(=S)N[C@H]1c1cccc(NS(=O)(=O)c2ccccc2)c1. The molecule has 0 spiro atoms. The molecule has 0 bridgehead atoms. The Hall–Kier alpha value is -2.91. The van der Waals surface area contributed by atoms with Crippen LogP contribution < -0.4 is 10.0 Å². The van der Waals surface area contributed by atoms with E-state index in [9.17, 15) is 13.2 Å². The number of hydrogen-bond acceptors (Lipinski definition) is 5. The molecule has 164 valence electrons. The van der Waals surface area contributed by atoms with Crippen LogP contribution in [0.15, 0.2) is 70.8 Å². The number of ether oxygens (including phenoxy) is 1. The molecule has 31 heavy (non-hydrogen) atoms. The highest BCUT2D eigenvalue weighted by atomic mass is 32.2. The van der Waals surface area contributed by atoms with Crippen LogP contribution in [0.2, 0.25) is 0 Å². The second kappa shape index (κ2) is 9.49. The average Bonchev–Trinajstić information content (AvgIpc) is 2.74. The van der Waals surface area contributed by atoms with Gasteiger partial charge in [0.2, 0.25) is 0 Å². The Morgan fingerprint density at radius 1 is 1.16 bits per heavy atom. The molecule has 1 aliphatic rings. The predicted octanol–water partition coefficient (Wildman–Crippen LogP) is 3.58. The van der Waals surface area contributed by atoms with Gasteiger partial charge in [-0.3, -0.25) is 4.72 Å². The van der Waals surface area contributed by atoms with Crippen LogP contribution in [-0.4, -0.2) is 37.6 Å². The first-order valence-corrected chi connectivity index (χ1v) is 11.8. The molecular weight excluding hydrogens is 434 g/mol. The molecule has 0 unspecified atom stereocenters. The summed E-state index contributed by atoms with van der Waals surface area (Å²) in [6, 6.07) is 14.5. The number of anilines is 1. The van der Waals surface area contributed by atoms with Crippen molar-refractivity contribution in [2.75, 3.05) is 17.9 Å². The number of esters is 1. The third-order valence-corrected chi connectivity index (χ3v) is 6.67. The number of nitrogens with zero attached hydrogens (tertiary/aromatic N) is 1. The molecular formula is C22H25N3O4S2. The summed E-state index contributed by atoms with van der Waals surface area (Å²) >= 11 is 5.49. The lowest BCUT2D eigenvalue weighted by atomic mass is 9.94. The van der Waals surface area contributed by atoms with Gasteiger partial charge in [0.25, 0.3) is 10.0 Å². The Bertz CT molecular complexity index is 1110. The first kappa shape index (κ1) is 22.8. The van der Waals surface area contributed by atoms with Crippen molar-refractivity contribution in [3.05, 3.63) is 71.4 Å². The first-order chi connectivity index (χ1) is 14.8. The highest BCUT2D eigenvalue weighted by molar-refractivity contribution is 7.92. The number of hydrogen-bond donors (Lipinski definition) is 2. The second-order valence-electron chi connectivity index (χ2n) is 6.89. The Morgan fingerprint density at radius 3 is 2.52 bits per heavy atom. The third kappa shape index (κ3) is 4.88. The van der Waals surface area contributed by atoms with E-state index < -0.39 is 22.0 Å². The lowest BCUT2D eigenvalue weighted by Gasteiger charge is -2.37. The first-order valence-electron chi connectivity index (χ1n) is 9.92. The van der Waals surface area contributed by atoms with Crippen molar-refractivity contribution in [1.29, 1.82) is 0 Å². The molecule has 0 radical (unpaired) electrons. The Morgan fingerprint density at radius 2 is 1.87 bits per heavy atom. The topological polar surface area (TPSA) is 87.7 Å². The van der Waals surface area contributed by atoms with E-state index in [1.54, 1.807) is 43.3 Å². The zero-order valence-corrected chi connectivity index (χ0v) is 19.2. The monoisotopic (exact) mass is 459 g/mol.